The van der Waals surface area contributed by atoms with Crippen molar-refractivity contribution in [1.82, 2.24) is 44.7 Å². The smallest absolute Gasteiger partial charge is 0.252 e. The van der Waals surface area contributed by atoms with Gasteiger partial charge in [-0.2, -0.15) is 15.2 Å². The van der Waals surface area contributed by atoms with Crippen LogP contribution in [-0.4, -0.2) is 71.5 Å². The molecule has 4 aromatic heterocycles. The lowest BCUT2D eigenvalue weighted by Gasteiger charge is -2.15. The van der Waals surface area contributed by atoms with Crippen molar-refractivity contribution in [2.45, 2.75) is 26.7 Å². The summed E-state index contributed by atoms with van der Waals surface area (Å²) in [6.07, 6.45) is 5.80. The van der Waals surface area contributed by atoms with Gasteiger partial charge in [0.15, 0.2) is 11.5 Å². The SMILES string of the molecule is Cc1cc(Nc2ncc3c(Nc4cc(C(=O)NCCN5CCCC5)cnc4C)nn(C)c3n2)n(C)n1. The van der Waals surface area contributed by atoms with Gasteiger partial charge in [0.05, 0.1) is 28.0 Å². The Morgan fingerprint density at radius 3 is 2.56 bits per heavy atom. The van der Waals surface area contributed by atoms with Gasteiger partial charge in [0.2, 0.25) is 5.95 Å². The highest BCUT2D eigenvalue weighted by atomic mass is 16.1. The summed E-state index contributed by atoms with van der Waals surface area (Å²) in [5.74, 6) is 1.70. The number of anilines is 4. The maximum absolute atomic E-state index is 12.7. The van der Waals surface area contributed by atoms with Gasteiger partial charge in [-0.05, 0) is 45.8 Å². The summed E-state index contributed by atoms with van der Waals surface area (Å²) >= 11 is 0. The predicted molar refractivity (Wildman–Crippen MR) is 138 cm³/mol. The molecule has 12 nitrogen and oxygen atoms in total. The lowest BCUT2D eigenvalue weighted by Crippen LogP contribution is -2.33. The highest BCUT2D eigenvalue weighted by Crippen LogP contribution is 2.27. The molecule has 4 aromatic rings. The maximum Gasteiger partial charge on any atom is 0.252 e. The molecule has 1 fully saturated rings. The van der Waals surface area contributed by atoms with Crippen LogP contribution in [0.15, 0.2) is 24.5 Å². The van der Waals surface area contributed by atoms with E-state index >= 15 is 0 Å². The number of nitrogens with zero attached hydrogens (tertiary/aromatic N) is 8. The molecule has 0 bridgehead atoms. The highest BCUT2D eigenvalue weighted by Gasteiger charge is 2.16. The van der Waals surface area contributed by atoms with E-state index in [0.717, 1.165) is 42.2 Å². The fourth-order valence-corrected chi connectivity index (χ4v) is 4.38. The van der Waals surface area contributed by atoms with Gasteiger partial charge in [-0.1, -0.05) is 0 Å². The van der Waals surface area contributed by atoms with Crippen molar-refractivity contribution >= 4 is 40.2 Å². The van der Waals surface area contributed by atoms with E-state index in [1.165, 1.54) is 12.8 Å². The molecule has 5 heterocycles. The Morgan fingerprint density at radius 1 is 1.00 bits per heavy atom. The van der Waals surface area contributed by atoms with Gasteiger partial charge in [0.1, 0.15) is 5.82 Å². The van der Waals surface area contributed by atoms with Crippen molar-refractivity contribution in [1.29, 1.82) is 0 Å². The third-order valence-electron chi connectivity index (χ3n) is 6.34. The van der Waals surface area contributed by atoms with Gasteiger partial charge in [-0.25, -0.2) is 9.67 Å². The van der Waals surface area contributed by atoms with Gasteiger partial charge < -0.3 is 20.9 Å². The minimum atomic E-state index is -0.139. The molecular formula is C24H31N11O. The minimum Gasteiger partial charge on any atom is -0.351 e. The normalized spacial score (nSPS) is 13.9. The number of carbonyl (C=O) groups is 1. The quantitative estimate of drug-likeness (QED) is 0.341. The molecule has 0 saturated carbocycles. The van der Waals surface area contributed by atoms with Crippen LogP contribution in [0.25, 0.3) is 11.0 Å². The fourth-order valence-electron chi connectivity index (χ4n) is 4.38. The molecule has 0 unspecified atom stereocenters. The molecule has 0 aliphatic carbocycles. The highest BCUT2D eigenvalue weighted by molar-refractivity contribution is 5.96. The molecule has 12 heteroatoms. The number of nitrogens with one attached hydrogen (secondary N) is 3. The summed E-state index contributed by atoms with van der Waals surface area (Å²) < 4.78 is 3.43. The topological polar surface area (TPSA) is 131 Å². The van der Waals surface area contributed by atoms with Crippen LogP contribution >= 0.6 is 0 Å². The van der Waals surface area contributed by atoms with E-state index in [-0.39, 0.29) is 5.91 Å². The second-order valence-corrected chi connectivity index (χ2v) is 9.11. The molecule has 3 N–H and O–H groups in total. The number of aryl methyl sites for hydroxylation is 4. The first-order valence-corrected chi connectivity index (χ1v) is 12.1. The summed E-state index contributed by atoms with van der Waals surface area (Å²) in [5, 5.41) is 19.2. The number of aromatic nitrogens is 7. The Morgan fingerprint density at radius 2 is 1.81 bits per heavy atom. The van der Waals surface area contributed by atoms with Crippen molar-refractivity contribution in [3.05, 3.63) is 41.5 Å². The average molecular weight is 490 g/mol. The summed E-state index contributed by atoms with van der Waals surface area (Å²) in [6.45, 7) is 7.52. The number of hydrogen-bond acceptors (Lipinski definition) is 9. The van der Waals surface area contributed by atoms with Crippen LogP contribution in [0, 0.1) is 13.8 Å². The van der Waals surface area contributed by atoms with Crippen molar-refractivity contribution in [2.75, 3.05) is 36.8 Å². The number of hydrogen-bond donors (Lipinski definition) is 3. The molecule has 1 saturated heterocycles. The van der Waals surface area contributed by atoms with Crippen LogP contribution in [0.5, 0.6) is 0 Å². The molecule has 36 heavy (non-hydrogen) atoms. The van der Waals surface area contributed by atoms with E-state index < -0.39 is 0 Å². The Hall–Kier alpha value is -4.06. The maximum atomic E-state index is 12.7. The summed E-state index contributed by atoms with van der Waals surface area (Å²) in [4.78, 5) is 28.6. The average Bonchev–Trinajstić information content (AvgIpc) is 3.55. The third kappa shape index (κ3) is 4.98. The van der Waals surface area contributed by atoms with Crippen molar-refractivity contribution in [3.63, 3.8) is 0 Å². The predicted octanol–water partition coefficient (Wildman–Crippen LogP) is 2.42. The molecule has 1 amide bonds. The molecule has 0 spiro atoms. The van der Waals surface area contributed by atoms with Gasteiger partial charge >= 0.3 is 0 Å². The Bertz CT molecular complexity index is 1400. The van der Waals surface area contributed by atoms with E-state index in [2.05, 4.69) is 46.0 Å². The van der Waals surface area contributed by atoms with Gasteiger partial charge in [-0.3, -0.25) is 14.5 Å². The largest absolute Gasteiger partial charge is 0.351 e. The molecule has 0 radical (unpaired) electrons. The number of carbonyl (C=O) groups excluding carboxylic acids is 1. The van der Waals surface area contributed by atoms with Crippen LogP contribution in [0.1, 0.15) is 34.6 Å². The minimum absolute atomic E-state index is 0.139. The summed E-state index contributed by atoms with van der Waals surface area (Å²) in [6, 6.07) is 3.73. The molecule has 188 valence electrons. The molecule has 0 atom stereocenters. The van der Waals surface area contributed by atoms with E-state index in [4.69, 9.17) is 0 Å². The van der Waals surface area contributed by atoms with Crippen LogP contribution in [0.2, 0.25) is 0 Å². The second-order valence-electron chi connectivity index (χ2n) is 9.11. The van der Waals surface area contributed by atoms with E-state index in [0.29, 0.717) is 35.2 Å². The monoisotopic (exact) mass is 489 g/mol. The number of pyridine rings is 1. The fraction of sp³-hybridized carbons (Fsp3) is 0.417. The van der Waals surface area contributed by atoms with Crippen LogP contribution in [0.3, 0.4) is 0 Å². The van der Waals surface area contributed by atoms with E-state index in [1.54, 1.807) is 27.8 Å². The Balaban J connectivity index is 1.31. The standard InChI is InChI=1S/C24H31N11O/c1-15-11-20(33(3)31-15)29-24-27-14-18-21(32-34(4)22(18)30-24)28-19-12-17(13-26-16(19)2)23(36)25-7-10-35-8-5-6-9-35/h11-14H,5-10H2,1-4H3,(H,25,36)(H,28,32)(H,27,29,30). The molecule has 0 aromatic carbocycles. The number of fused-ring (bicyclic) bond motifs is 1. The van der Waals surface area contributed by atoms with Gasteiger partial charge in [0, 0.05) is 45.6 Å². The number of rotatable bonds is 8. The number of likely N-dealkylation sites (tertiary alicyclic amines) is 1. The second kappa shape index (κ2) is 9.90. The molecule has 1 aliphatic heterocycles. The van der Waals surface area contributed by atoms with Crippen molar-refractivity contribution in [2.24, 2.45) is 14.1 Å². The zero-order valence-corrected chi connectivity index (χ0v) is 21.0. The molecule has 1 aliphatic rings. The lowest BCUT2D eigenvalue weighted by molar-refractivity contribution is 0.0949. The first-order valence-electron chi connectivity index (χ1n) is 12.1. The summed E-state index contributed by atoms with van der Waals surface area (Å²) in [7, 11) is 3.69. The zero-order chi connectivity index (χ0) is 25.2. The van der Waals surface area contributed by atoms with E-state index in [9.17, 15) is 4.79 Å². The van der Waals surface area contributed by atoms with E-state index in [1.807, 2.05) is 34.0 Å². The van der Waals surface area contributed by atoms with Crippen LogP contribution < -0.4 is 16.0 Å². The third-order valence-corrected chi connectivity index (χ3v) is 6.34. The summed E-state index contributed by atoms with van der Waals surface area (Å²) in [5.41, 5.74) is 3.52. The van der Waals surface area contributed by atoms with Gasteiger partial charge in [-0.15, -0.1) is 0 Å². The first-order chi connectivity index (χ1) is 17.4. The first kappa shape index (κ1) is 23.7. The molecular weight excluding hydrogens is 458 g/mol. The van der Waals surface area contributed by atoms with Gasteiger partial charge in [0.25, 0.3) is 5.91 Å². The molecule has 5 rings (SSSR count). The van der Waals surface area contributed by atoms with Crippen LogP contribution in [-0.2, 0) is 14.1 Å². The number of amides is 1. The Labute approximate surface area is 209 Å². The Kier molecular flexibility index (Phi) is 6.51. The lowest BCUT2D eigenvalue weighted by atomic mass is 10.2. The zero-order valence-electron chi connectivity index (χ0n) is 21.0. The van der Waals surface area contributed by atoms with Crippen LogP contribution in [0.4, 0.5) is 23.3 Å². The van der Waals surface area contributed by atoms with Crippen molar-refractivity contribution in [3.8, 4) is 0 Å². The van der Waals surface area contributed by atoms with Crippen molar-refractivity contribution < 1.29 is 4.79 Å².